The first-order chi connectivity index (χ1) is 12.4. The normalized spacial score (nSPS) is 46.6. The average molecular weight is 343 g/mol. The minimum atomic E-state index is 1.13. The lowest BCUT2D eigenvalue weighted by atomic mass is 9.64. The van der Waals surface area contributed by atoms with Crippen LogP contribution in [0.4, 0.5) is 0 Å². The highest BCUT2D eigenvalue weighted by Gasteiger charge is 2.49. The molecule has 5 aliphatic rings. The second-order valence-electron chi connectivity index (χ2n) is 11.0. The van der Waals surface area contributed by atoms with E-state index in [0.717, 1.165) is 47.3 Å². The van der Waals surface area contributed by atoms with Crippen molar-refractivity contribution in [3.05, 3.63) is 0 Å². The van der Waals surface area contributed by atoms with Gasteiger partial charge in [0.1, 0.15) is 0 Å². The van der Waals surface area contributed by atoms with Crippen molar-refractivity contribution >= 4 is 0 Å². The second kappa shape index (κ2) is 7.55. The van der Waals surface area contributed by atoms with Gasteiger partial charge in [-0.1, -0.05) is 64.2 Å². The topological polar surface area (TPSA) is 0 Å². The standard InChI is InChI=1S/C25H42/c1-3-7-18(8-4-1)20-11-13-24-22(15-20)17-23-16-21(12-14-25(23)24)19-9-5-2-6-10-19/h18-25H,1-17H2. The first-order valence-corrected chi connectivity index (χ1v) is 12.4. The van der Waals surface area contributed by atoms with Gasteiger partial charge < -0.3 is 0 Å². The number of hydrogen-bond donors (Lipinski definition) is 0. The number of hydrogen-bond acceptors (Lipinski definition) is 0. The molecule has 0 aromatic rings. The Morgan fingerprint density at radius 1 is 0.280 bits per heavy atom. The number of rotatable bonds is 2. The molecule has 0 saturated heterocycles. The van der Waals surface area contributed by atoms with E-state index in [4.69, 9.17) is 0 Å². The molecule has 6 unspecified atom stereocenters. The summed E-state index contributed by atoms with van der Waals surface area (Å²) in [5, 5.41) is 0. The van der Waals surface area contributed by atoms with E-state index >= 15 is 0 Å². The molecule has 0 amide bonds. The van der Waals surface area contributed by atoms with Crippen LogP contribution in [0.15, 0.2) is 0 Å². The van der Waals surface area contributed by atoms with Crippen molar-refractivity contribution in [1.82, 2.24) is 0 Å². The molecule has 0 heteroatoms. The van der Waals surface area contributed by atoms with Crippen LogP contribution in [0.2, 0.25) is 0 Å². The summed E-state index contributed by atoms with van der Waals surface area (Å²) in [6, 6.07) is 0. The molecule has 6 atom stereocenters. The molecular formula is C25H42. The quantitative estimate of drug-likeness (QED) is 0.484. The predicted molar refractivity (Wildman–Crippen MR) is 106 cm³/mol. The lowest BCUT2D eigenvalue weighted by molar-refractivity contribution is 0.0868. The zero-order chi connectivity index (χ0) is 16.6. The zero-order valence-corrected chi connectivity index (χ0v) is 16.6. The van der Waals surface area contributed by atoms with Crippen LogP contribution in [0.25, 0.3) is 0 Å². The van der Waals surface area contributed by atoms with E-state index < -0.39 is 0 Å². The fourth-order valence-electron chi connectivity index (χ4n) is 8.77. The predicted octanol–water partition coefficient (Wildman–Crippen LogP) is 7.62. The van der Waals surface area contributed by atoms with Gasteiger partial charge in [0.2, 0.25) is 0 Å². The van der Waals surface area contributed by atoms with Crippen molar-refractivity contribution in [1.29, 1.82) is 0 Å². The van der Waals surface area contributed by atoms with Crippen LogP contribution in [0.3, 0.4) is 0 Å². The van der Waals surface area contributed by atoms with Gasteiger partial charge in [-0.15, -0.1) is 0 Å². The molecule has 0 aromatic heterocycles. The molecule has 5 fully saturated rings. The van der Waals surface area contributed by atoms with Crippen LogP contribution in [-0.2, 0) is 0 Å². The molecule has 5 aliphatic carbocycles. The SMILES string of the molecule is C1CCC(C2CCC3C(C2)CC2CC(C4CCCCC4)CCC23)CC1. The second-order valence-corrected chi connectivity index (χ2v) is 11.0. The summed E-state index contributed by atoms with van der Waals surface area (Å²) in [6.07, 6.45) is 27.0. The summed E-state index contributed by atoms with van der Waals surface area (Å²) >= 11 is 0. The van der Waals surface area contributed by atoms with Crippen LogP contribution >= 0.6 is 0 Å². The van der Waals surface area contributed by atoms with Crippen molar-refractivity contribution in [2.24, 2.45) is 47.3 Å². The Hall–Kier alpha value is 0. The van der Waals surface area contributed by atoms with E-state index in [2.05, 4.69) is 0 Å². The minimum absolute atomic E-state index is 1.13. The largest absolute Gasteiger partial charge is 0.0533 e. The van der Waals surface area contributed by atoms with Crippen molar-refractivity contribution in [2.45, 2.75) is 109 Å². The minimum Gasteiger partial charge on any atom is -0.0533 e. The number of fused-ring (bicyclic) bond motifs is 3. The average Bonchev–Trinajstić information content (AvgIpc) is 3.06. The molecule has 0 aromatic carbocycles. The molecule has 0 bridgehead atoms. The maximum atomic E-state index is 1.65. The first kappa shape index (κ1) is 17.1. The molecule has 0 radical (unpaired) electrons. The fourth-order valence-corrected chi connectivity index (χ4v) is 8.77. The van der Waals surface area contributed by atoms with Crippen LogP contribution in [-0.4, -0.2) is 0 Å². The Kier molecular flexibility index (Phi) is 5.17. The maximum absolute atomic E-state index is 1.65. The Morgan fingerprint density at radius 3 is 1.12 bits per heavy atom. The van der Waals surface area contributed by atoms with E-state index in [0.29, 0.717) is 0 Å². The molecular weight excluding hydrogens is 300 g/mol. The molecule has 0 N–H and O–H groups in total. The summed E-state index contributed by atoms with van der Waals surface area (Å²) in [5.74, 6) is 9.17. The van der Waals surface area contributed by atoms with Gasteiger partial charge >= 0.3 is 0 Å². The van der Waals surface area contributed by atoms with Gasteiger partial charge in [0.25, 0.3) is 0 Å². The van der Waals surface area contributed by atoms with Gasteiger partial charge in [-0.3, -0.25) is 0 Å². The summed E-state index contributed by atoms with van der Waals surface area (Å²) in [4.78, 5) is 0. The van der Waals surface area contributed by atoms with Crippen LogP contribution < -0.4 is 0 Å². The Morgan fingerprint density at radius 2 is 0.680 bits per heavy atom. The monoisotopic (exact) mass is 342 g/mol. The Bertz CT molecular complexity index is 387. The summed E-state index contributed by atoms with van der Waals surface area (Å²) in [5.41, 5.74) is 0. The van der Waals surface area contributed by atoms with Gasteiger partial charge in [-0.2, -0.15) is 0 Å². The van der Waals surface area contributed by atoms with E-state index in [1.165, 1.54) is 12.8 Å². The lowest BCUT2D eigenvalue weighted by Crippen LogP contribution is -2.32. The van der Waals surface area contributed by atoms with Crippen molar-refractivity contribution in [2.75, 3.05) is 0 Å². The third kappa shape index (κ3) is 3.45. The van der Waals surface area contributed by atoms with Crippen molar-refractivity contribution < 1.29 is 0 Å². The van der Waals surface area contributed by atoms with Gasteiger partial charge in [0.05, 0.1) is 0 Å². The highest BCUT2D eigenvalue weighted by atomic mass is 14.5. The van der Waals surface area contributed by atoms with Crippen molar-refractivity contribution in [3.8, 4) is 0 Å². The summed E-state index contributed by atoms with van der Waals surface area (Å²) in [6.45, 7) is 0. The smallest absolute Gasteiger partial charge is 0.0354 e. The molecule has 0 spiro atoms. The van der Waals surface area contributed by atoms with Gasteiger partial charge in [0.15, 0.2) is 0 Å². The van der Waals surface area contributed by atoms with Gasteiger partial charge in [-0.05, 0) is 92.3 Å². The van der Waals surface area contributed by atoms with E-state index in [9.17, 15) is 0 Å². The third-order valence-corrected chi connectivity index (χ3v) is 9.95. The Balaban J connectivity index is 1.19. The first-order valence-electron chi connectivity index (χ1n) is 12.4. The maximum Gasteiger partial charge on any atom is -0.0354 e. The van der Waals surface area contributed by atoms with E-state index in [1.807, 2.05) is 0 Å². The van der Waals surface area contributed by atoms with E-state index in [1.54, 1.807) is 96.3 Å². The van der Waals surface area contributed by atoms with Crippen LogP contribution in [0, 0.1) is 47.3 Å². The molecule has 5 rings (SSSR count). The highest BCUT2D eigenvalue weighted by Crippen LogP contribution is 2.58. The molecule has 0 nitrogen and oxygen atoms in total. The molecule has 0 heterocycles. The molecule has 0 aliphatic heterocycles. The molecule has 142 valence electrons. The van der Waals surface area contributed by atoms with E-state index in [-0.39, 0.29) is 0 Å². The summed E-state index contributed by atoms with van der Waals surface area (Å²) < 4.78 is 0. The van der Waals surface area contributed by atoms with Gasteiger partial charge in [0, 0.05) is 0 Å². The summed E-state index contributed by atoms with van der Waals surface area (Å²) in [7, 11) is 0. The highest BCUT2D eigenvalue weighted by molar-refractivity contribution is 4.99. The Labute approximate surface area is 156 Å². The van der Waals surface area contributed by atoms with Crippen molar-refractivity contribution in [3.63, 3.8) is 0 Å². The molecule has 25 heavy (non-hydrogen) atoms. The lowest BCUT2D eigenvalue weighted by Gasteiger charge is -2.42. The zero-order valence-electron chi connectivity index (χ0n) is 16.6. The third-order valence-electron chi connectivity index (χ3n) is 9.95. The van der Waals surface area contributed by atoms with Crippen LogP contribution in [0.1, 0.15) is 109 Å². The fraction of sp³-hybridized carbons (Fsp3) is 1.00. The van der Waals surface area contributed by atoms with Crippen LogP contribution in [0.5, 0.6) is 0 Å². The van der Waals surface area contributed by atoms with Gasteiger partial charge in [-0.25, -0.2) is 0 Å². The molecule has 5 saturated carbocycles.